The molecule has 0 aliphatic carbocycles. The van der Waals surface area contributed by atoms with E-state index < -0.39 is 30.5 Å². The van der Waals surface area contributed by atoms with Gasteiger partial charge in [-0.1, -0.05) is 30.3 Å². The first kappa shape index (κ1) is 12.6. The number of nitriles is 1. The molecule has 2 saturated heterocycles. The third-order valence-corrected chi connectivity index (χ3v) is 3.54. The molecule has 0 unspecified atom stereocenters. The van der Waals surface area contributed by atoms with Crippen LogP contribution in [0.1, 0.15) is 5.56 Å². The minimum Gasteiger partial charge on any atom is -0.389 e. The van der Waals surface area contributed by atoms with Crippen LogP contribution in [0.2, 0.25) is 0 Å². The van der Waals surface area contributed by atoms with Gasteiger partial charge in [0, 0.05) is 0 Å². The van der Waals surface area contributed by atoms with Crippen LogP contribution in [-0.2, 0) is 20.8 Å². The maximum absolute atomic E-state index is 10.0. The summed E-state index contributed by atoms with van der Waals surface area (Å²) in [5, 5.41) is 19.2. The maximum Gasteiger partial charge on any atom is 0.185 e. The SMILES string of the molecule is N#C[C@H]1[C@H](O)[C@H]2CO[C@H](O2)[C@H]1OCc1ccccc1. The van der Waals surface area contributed by atoms with E-state index in [0.717, 1.165) is 5.56 Å². The van der Waals surface area contributed by atoms with Crippen LogP contribution in [0.3, 0.4) is 0 Å². The molecule has 100 valence electrons. The van der Waals surface area contributed by atoms with Crippen LogP contribution in [0, 0.1) is 17.2 Å². The van der Waals surface area contributed by atoms with Gasteiger partial charge in [0.05, 0.1) is 19.3 Å². The molecule has 2 aliphatic heterocycles. The first-order valence-corrected chi connectivity index (χ1v) is 6.30. The topological polar surface area (TPSA) is 71.7 Å². The van der Waals surface area contributed by atoms with Gasteiger partial charge in [-0.05, 0) is 5.56 Å². The Morgan fingerprint density at radius 1 is 1.37 bits per heavy atom. The average molecular weight is 261 g/mol. The molecule has 1 N–H and O–H groups in total. The maximum atomic E-state index is 10.0. The zero-order valence-corrected chi connectivity index (χ0v) is 10.3. The lowest BCUT2D eigenvalue weighted by Gasteiger charge is -2.34. The van der Waals surface area contributed by atoms with Gasteiger partial charge in [0.2, 0.25) is 0 Å². The molecular weight excluding hydrogens is 246 g/mol. The summed E-state index contributed by atoms with van der Waals surface area (Å²) >= 11 is 0. The predicted octanol–water partition coefficient (Wildman–Crippen LogP) is 0.828. The molecule has 2 aliphatic rings. The molecule has 1 aromatic rings. The van der Waals surface area contributed by atoms with Gasteiger partial charge < -0.3 is 19.3 Å². The number of aliphatic hydroxyl groups excluding tert-OH is 1. The fraction of sp³-hybridized carbons (Fsp3) is 0.500. The number of hydrogen-bond acceptors (Lipinski definition) is 5. The Balaban J connectivity index is 1.70. The summed E-state index contributed by atoms with van der Waals surface area (Å²) < 4.78 is 16.7. The van der Waals surface area contributed by atoms with Crippen molar-refractivity contribution in [1.82, 2.24) is 0 Å². The molecule has 0 amide bonds. The van der Waals surface area contributed by atoms with E-state index in [9.17, 15) is 10.4 Å². The summed E-state index contributed by atoms with van der Waals surface area (Å²) in [6, 6.07) is 11.8. The summed E-state index contributed by atoms with van der Waals surface area (Å²) in [4.78, 5) is 0. The van der Waals surface area contributed by atoms with E-state index in [1.807, 2.05) is 30.3 Å². The van der Waals surface area contributed by atoms with Crippen LogP contribution in [0.4, 0.5) is 0 Å². The van der Waals surface area contributed by atoms with Gasteiger partial charge in [0.25, 0.3) is 0 Å². The summed E-state index contributed by atoms with van der Waals surface area (Å²) in [6.45, 7) is 0.680. The van der Waals surface area contributed by atoms with Gasteiger partial charge in [-0.25, -0.2) is 0 Å². The van der Waals surface area contributed by atoms with Crippen molar-refractivity contribution in [3.05, 3.63) is 35.9 Å². The predicted molar refractivity (Wildman–Crippen MR) is 64.7 cm³/mol. The average Bonchev–Trinajstić information content (AvgIpc) is 2.89. The Kier molecular flexibility index (Phi) is 3.49. The molecular formula is C14H15NO4. The van der Waals surface area contributed by atoms with Gasteiger partial charge in [0.1, 0.15) is 24.2 Å². The molecule has 2 fully saturated rings. The molecule has 2 bridgehead atoms. The van der Waals surface area contributed by atoms with Crippen molar-refractivity contribution in [2.24, 2.45) is 5.92 Å². The molecule has 0 aromatic heterocycles. The van der Waals surface area contributed by atoms with Crippen molar-refractivity contribution in [1.29, 1.82) is 5.26 Å². The van der Waals surface area contributed by atoms with E-state index in [1.54, 1.807) is 0 Å². The number of rotatable bonds is 3. The Bertz CT molecular complexity index is 472. The van der Waals surface area contributed by atoms with Crippen LogP contribution < -0.4 is 0 Å². The molecule has 5 atom stereocenters. The largest absolute Gasteiger partial charge is 0.389 e. The minimum absolute atomic E-state index is 0.315. The molecule has 5 heteroatoms. The molecule has 5 nitrogen and oxygen atoms in total. The minimum atomic E-state index is -0.857. The Morgan fingerprint density at radius 2 is 2.16 bits per heavy atom. The van der Waals surface area contributed by atoms with Crippen LogP contribution in [0.25, 0.3) is 0 Å². The van der Waals surface area contributed by atoms with E-state index in [2.05, 4.69) is 6.07 Å². The van der Waals surface area contributed by atoms with Crippen molar-refractivity contribution in [3.63, 3.8) is 0 Å². The number of aliphatic hydroxyl groups is 1. The standard InChI is InChI=1S/C14H15NO4/c15-6-10-12(16)11-8-18-14(19-11)13(10)17-7-9-4-2-1-3-5-9/h1-5,10-14,16H,7-8H2/t10-,11+,12-,13-,14+/m0/s1. The molecule has 2 heterocycles. The highest BCUT2D eigenvalue weighted by Crippen LogP contribution is 2.34. The summed E-state index contributed by atoms with van der Waals surface area (Å²) in [7, 11) is 0. The van der Waals surface area contributed by atoms with Crippen molar-refractivity contribution >= 4 is 0 Å². The van der Waals surface area contributed by atoms with E-state index in [4.69, 9.17) is 14.2 Å². The fourth-order valence-electron chi connectivity index (χ4n) is 2.49. The number of benzene rings is 1. The van der Waals surface area contributed by atoms with Gasteiger partial charge in [-0.15, -0.1) is 0 Å². The van der Waals surface area contributed by atoms with Crippen molar-refractivity contribution in [2.45, 2.75) is 31.2 Å². The number of ether oxygens (including phenoxy) is 3. The second-order valence-electron chi connectivity index (χ2n) is 4.78. The number of fused-ring (bicyclic) bond motifs is 2. The lowest BCUT2D eigenvalue weighted by atomic mass is 9.91. The third kappa shape index (κ3) is 2.36. The lowest BCUT2D eigenvalue weighted by molar-refractivity contribution is -0.217. The van der Waals surface area contributed by atoms with Gasteiger partial charge in [-0.3, -0.25) is 0 Å². The quantitative estimate of drug-likeness (QED) is 0.872. The van der Waals surface area contributed by atoms with E-state index in [-0.39, 0.29) is 0 Å². The normalized spacial score (nSPS) is 36.9. The molecule has 0 saturated carbocycles. The molecule has 1 aromatic carbocycles. The molecule has 3 rings (SSSR count). The van der Waals surface area contributed by atoms with Crippen molar-refractivity contribution in [3.8, 4) is 6.07 Å². The third-order valence-electron chi connectivity index (χ3n) is 3.54. The highest BCUT2D eigenvalue weighted by molar-refractivity contribution is 5.13. The van der Waals surface area contributed by atoms with E-state index in [1.165, 1.54) is 0 Å². The zero-order valence-electron chi connectivity index (χ0n) is 10.3. The summed E-state index contributed by atoms with van der Waals surface area (Å²) in [5.74, 6) is -0.616. The van der Waals surface area contributed by atoms with E-state index in [0.29, 0.717) is 13.2 Å². The monoisotopic (exact) mass is 261 g/mol. The van der Waals surface area contributed by atoms with E-state index >= 15 is 0 Å². The Morgan fingerprint density at radius 3 is 2.89 bits per heavy atom. The van der Waals surface area contributed by atoms with Gasteiger partial charge in [0.15, 0.2) is 6.29 Å². The highest BCUT2D eigenvalue weighted by Gasteiger charge is 2.51. The lowest BCUT2D eigenvalue weighted by Crippen LogP contribution is -2.50. The first-order chi connectivity index (χ1) is 9.29. The smallest absolute Gasteiger partial charge is 0.185 e. The zero-order chi connectivity index (χ0) is 13.2. The van der Waals surface area contributed by atoms with Crippen LogP contribution in [-0.4, -0.2) is 36.3 Å². The highest BCUT2D eigenvalue weighted by atomic mass is 16.7. The van der Waals surface area contributed by atoms with Gasteiger partial charge in [-0.2, -0.15) is 5.26 Å². The van der Waals surface area contributed by atoms with Crippen LogP contribution in [0.5, 0.6) is 0 Å². The summed E-state index contributed by atoms with van der Waals surface area (Å²) in [5.41, 5.74) is 1.01. The number of hydrogen-bond donors (Lipinski definition) is 1. The molecule has 0 spiro atoms. The summed E-state index contributed by atoms with van der Waals surface area (Å²) in [6.07, 6.45) is -2.38. The Labute approximate surface area is 111 Å². The van der Waals surface area contributed by atoms with Crippen LogP contribution in [0.15, 0.2) is 30.3 Å². The number of nitrogens with zero attached hydrogens (tertiary/aromatic N) is 1. The van der Waals surface area contributed by atoms with Gasteiger partial charge >= 0.3 is 0 Å². The second-order valence-corrected chi connectivity index (χ2v) is 4.78. The van der Waals surface area contributed by atoms with Crippen molar-refractivity contribution in [2.75, 3.05) is 6.61 Å². The fourth-order valence-corrected chi connectivity index (χ4v) is 2.49. The first-order valence-electron chi connectivity index (χ1n) is 6.30. The van der Waals surface area contributed by atoms with Crippen molar-refractivity contribution < 1.29 is 19.3 Å². The second kappa shape index (κ2) is 5.27. The molecule has 19 heavy (non-hydrogen) atoms. The molecule has 0 radical (unpaired) electrons. The Hall–Kier alpha value is -1.45. The van der Waals surface area contributed by atoms with Crippen LogP contribution >= 0.6 is 0 Å².